The van der Waals surface area contributed by atoms with Gasteiger partial charge in [0.2, 0.25) is 5.91 Å². The first kappa shape index (κ1) is 14.8. The standard InChI is InChI=1S/C20H23NO/c1-3-14(2)15-9-11-17(12-10-15)21-20(22)19-13-18(19)16-7-5-4-6-8-16/h4-12,14,18-19H,3,13H2,1-2H3,(H,21,22)/t14-,18-,19+/m0/s1. The molecule has 3 atom stereocenters. The van der Waals surface area contributed by atoms with Gasteiger partial charge in [-0.25, -0.2) is 0 Å². The first-order valence-corrected chi connectivity index (χ1v) is 8.14. The van der Waals surface area contributed by atoms with Crippen LogP contribution in [0.15, 0.2) is 54.6 Å². The molecule has 0 saturated heterocycles. The Bertz CT molecular complexity index is 633. The van der Waals surface area contributed by atoms with Crippen LogP contribution in [0, 0.1) is 5.92 Å². The van der Waals surface area contributed by atoms with E-state index in [2.05, 4.69) is 43.4 Å². The zero-order chi connectivity index (χ0) is 15.5. The Morgan fingerprint density at radius 2 is 1.82 bits per heavy atom. The van der Waals surface area contributed by atoms with E-state index in [-0.39, 0.29) is 11.8 Å². The van der Waals surface area contributed by atoms with Crippen molar-refractivity contribution in [2.45, 2.75) is 38.5 Å². The monoisotopic (exact) mass is 293 g/mol. The molecule has 1 aliphatic carbocycles. The predicted molar refractivity (Wildman–Crippen MR) is 91.1 cm³/mol. The topological polar surface area (TPSA) is 29.1 Å². The van der Waals surface area contributed by atoms with E-state index < -0.39 is 0 Å². The maximum atomic E-state index is 12.3. The Hall–Kier alpha value is -2.09. The molecule has 0 radical (unpaired) electrons. The highest BCUT2D eigenvalue weighted by atomic mass is 16.2. The third kappa shape index (κ3) is 3.22. The van der Waals surface area contributed by atoms with Gasteiger partial charge in [-0.15, -0.1) is 0 Å². The fourth-order valence-corrected chi connectivity index (χ4v) is 2.92. The molecule has 114 valence electrons. The van der Waals surface area contributed by atoms with Gasteiger partial charge in [0, 0.05) is 11.6 Å². The van der Waals surface area contributed by atoms with Crippen LogP contribution >= 0.6 is 0 Å². The fraction of sp³-hybridized carbons (Fsp3) is 0.350. The number of carbonyl (C=O) groups excluding carboxylic acids is 1. The van der Waals surface area contributed by atoms with Gasteiger partial charge in [-0.1, -0.05) is 56.3 Å². The molecule has 1 saturated carbocycles. The van der Waals surface area contributed by atoms with Crippen LogP contribution in [-0.4, -0.2) is 5.91 Å². The summed E-state index contributed by atoms with van der Waals surface area (Å²) >= 11 is 0. The van der Waals surface area contributed by atoms with Gasteiger partial charge in [-0.2, -0.15) is 0 Å². The SMILES string of the molecule is CC[C@H](C)c1ccc(NC(=O)[C@@H]2C[C@H]2c2ccccc2)cc1. The largest absolute Gasteiger partial charge is 0.326 e. The minimum Gasteiger partial charge on any atom is -0.326 e. The minimum absolute atomic E-state index is 0.122. The van der Waals surface area contributed by atoms with Crippen molar-refractivity contribution >= 4 is 11.6 Å². The van der Waals surface area contributed by atoms with E-state index in [9.17, 15) is 4.79 Å². The highest BCUT2D eigenvalue weighted by molar-refractivity contribution is 5.95. The third-order valence-corrected chi connectivity index (χ3v) is 4.71. The van der Waals surface area contributed by atoms with Crippen LogP contribution in [0.3, 0.4) is 0 Å². The first-order valence-electron chi connectivity index (χ1n) is 8.14. The summed E-state index contributed by atoms with van der Waals surface area (Å²) in [6.45, 7) is 4.42. The van der Waals surface area contributed by atoms with Gasteiger partial charge in [-0.3, -0.25) is 4.79 Å². The number of nitrogens with one attached hydrogen (secondary N) is 1. The lowest BCUT2D eigenvalue weighted by molar-refractivity contribution is -0.117. The molecule has 1 fully saturated rings. The molecule has 0 aliphatic heterocycles. The van der Waals surface area contributed by atoms with E-state index in [1.165, 1.54) is 11.1 Å². The smallest absolute Gasteiger partial charge is 0.228 e. The van der Waals surface area contributed by atoms with Gasteiger partial charge in [-0.05, 0) is 47.9 Å². The summed E-state index contributed by atoms with van der Waals surface area (Å²) in [7, 11) is 0. The highest BCUT2D eigenvalue weighted by Gasteiger charge is 2.43. The second kappa shape index (κ2) is 6.35. The predicted octanol–water partition coefficient (Wildman–Crippen LogP) is 4.94. The molecule has 1 amide bonds. The van der Waals surface area contributed by atoms with E-state index in [0.29, 0.717) is 11.8 Å². The maximum Gasteiger partial charge on any atom is 0.228 e. The highest BCUT2D eigenvalue weighted by Crippen LogP contribution is 2.47. The van der Waals surface area contributed by atoms with E-state index >= 15 is 0 Å². The average molecular weight is 293 g/mol. The molecular formula is C20H23NO. The van der Waals surface area contributed by atoms with Gasteiger partial charge in [0.15, 0.2) is 0 Å². The van der Waals surface area contributed by atoms with Crippen molar-refractivity contribution in [2.24, 2.45) is 5.92 Å². The summed E-state index contributed by atoms with van der Waals surface area (Å²) in [5, 5.41) is 3.05. The molecule has 2 heteroatoms. The summed E-state index contributed by atoms with van der Waals surface area (Å²) in [6, 6.07) is 18.6. The molecule has 0 spiro atoms. The first-order chi connectivity index (χ1) is 10.7. The molecule has 0 unspecified atom stereocenters. The van der Waals surface area contributed by atoms with Crippen molar-refractivity contribution in [3.8, 4) is 0 Å². The lowest BCUT2D eigenvalue weighted by atomic mass is 9.98. The molecule has 3 rings (SSSR count). The van der Waals surface area contributed by atoms with Crippen LogP contribution in [0.5, 0.6) is 0 Å². The van der Waals surface area contributed by atoms with Crippen molar-refractivity contribution in [1.29, 1.82) is 0 Å². The van der Waals surface area contributed by atoms with Crippen LogP contribution in [-0.2, 0) is 4.79 Å². The Balaban J connectivity index is 1.59. The van der Waals surface area contributed by atoms with Crippen LogP contribution in [0.25, 0.3) is 0 Å². The number of hydrogen-bond donors (Lipinski definition) is 1. The number of rotatable bonds is 5. The van der Waals surface area contributed by atoms with Crippen molar-refractivity contribution in [1.82, 2.24) is 0 Å². The molecule has 22 heavy (non-hydrogen) atoms. The molecule has 0 bridgehead atoms. The molecule has 0 heterocycles. The van der Waals surface area contributed by atoms with Crippen molar-refractivity contribution in [3.63, 3.8) is 0 Å². The summed E-state index contributed by atoms with van der Waals surface area (Å²) < 4.78 is 0. The number of carbonyl (C=O) groups is 1. The minimum atomic E-state index is 0.122. The summed E-state index contributed by atoms with van der Waals surface area (Å²) in [5.74, 6) is 1.22. The second-order valence-electron chi connectivity index (χ2n) is 6.28. The van der Waals surface area contributed by atoms with Crippen LogP contribution in [0.1, 0.15) is 49.7 Å². The van der Waals surface area contributed by atoms with Crippen molar-refractivity contribution < 1.29 is 4.79 Å². The van der Waals surface area contributed by atoms with E-state index in [1.54, 1.807) is 0 Å². The van der Waals surface area contributed by atoms with Gasteiger partial charge < -0.3 is 5.32 Å². The van der Waals surface area contributed by atoms with E-state index in [0.717, 1.165) is 18.5 Å². The van der Waals surface area contributed by atoms with Crippen LogP contribution in [0.4, 0.5) is 5.69 Å². The van der Waals surface area contributed by atoms with Gasteiger partial charge >= 0.3 is 0 Å². The van der Waals surface area contributed by atoms with Gasteiger partial charge in [0.1, 0.15) is 0 Å². The molecule has 2 aromatic rings. The molecule has 1 N–H and O–H groups in total. The second-order valence-corrected chi connectivity index (χ2v) is 6.28. The number of anilines is 1. The lowest BCUT2D eigenvalue weighted by Crippen LogP contribution is -2.14. The van der Waals surface area contributed by atoms with E-state index in [4.69, 9.17) is 0 Å². The zero-order valence-corrected chi connectivity index (χ0v) is 13.3. The molecular weight excluding hydrogens is 270 g/mol. The van der Waals surface area contributed by atoms with E-state index in [1.807, 2.05) is 30.3 Å². The van der Waals surface area contributed by atoms with Crippen LogP contribution in [0.2, 0.25) is 0 Å². The Labute approximate surface area is 132 Å². The summed E-state index contributed by atoms with van der Waals surface area (Å²) in [6.07, 6.45) is 2.09. The number of amides is 1. The fourth-order valence-electron chi connectivity index (χ4n) is 2.92. The third-order valence-electron chi connectivity index (χ3n) is 4.71. The quantitative estimate of drug-likeness (QED) is 0.831. The van der Waals surface area contributed by atoms with Crippen molar-refractivity contribution in [3.05, 3.63) is 65.7 Å². The molecule has 2 aromatic carbocycles. The molecule has 2 nitrogen and oxygen atoms in total. The summed E-state index contributed by atoms with van der Waals surface area (Å²) in [4.78, 5) is 12.3. The maximum absolute atomic E-state index is 12.3. The average Bonchev–Trinajstić information content (AvgIpc) is 3.36. The lowest BCUT2D eigenvalue weighted by Gasteiger charge is -2.10. The Kier molecular flexibility index (Phi) is 4.28. The molecule has 0 aromatic heterocycles. The van der Waals surface area contributed by atoms with Crippen LogP contribution < -0.4 is 5.32 Å². The van der Waals surface area contributed by atoms with Crippen molar-refractivity contribution in [2.75, 3.05) is 5.32 Å². The number of benzene rings is 2. The Morgan fingerprint density at radius 1 is 1.14 bits per heavy atom. The number of hydrogen-bond acceptors (Lipinski definition) is 1. The zero-order valence-electron chi connectivity index (χ0n) is 13.3. The van der Waals surface area contributed by atoms with Gasteiger partial charge in [0.25, 0.3) is 0 Å². The Morgan fingerprint density at radius 3 is 2.45 bits per heavy atom. The summed E-state index contributed by atoms with van der Waals surface area (Å²) in [5.41, 5.74) is 3.50. The normalized spacial score (nSPS) is 21.2. The van der Waals surface area contributed by atoms with Gasteiger partial charge in [0.05, 0.1) is 0 Å². The molecule has 1 aliphatic rings.